The number of hydrogen-bond donors (Lipinski definition) is 1. The highest BCUT2D eigenvalue weighted by Gasteiger charge is 2.38. The van der Waals surface area contributed by atoms with Crippen molar-refractivity contribution in [3.05, 3.63) is 29.8 Å². The number of rotatable bonds is 3. The lowest BCUT2D eigenvalue weighted by Gasteiger charge is -2.43. The number of hydroxylamine groups is 1. The summed E-state index contributed by atoms with van der Waals surface area (Å²) in [5.41, 5.74) is 1.10. The summed E-state index contributed by atoms with van der Waals surface area (Å²) in [4.78, 5) is 43.8. The fourth-order valence-corrected chi connectivity index (χ4v) is 4.97. The molecule has 1 unspecified atom stereocenters. The molecular weight excluding hydrogens is 388 g/mol. The Labute approximate surface area is 175 Å². The van der Waals surface area contributed by atoms with E-state index in [1.807, 2.05) is 12.1 Å². The third-order valence-electron chi connectivity index (χ3n) is 6.57. The van der Waals surface area contributed by atoms with Crippen LogP contribution in [-0.2, 0) is 19.2 Å². The standard InChI is InChI=1S/C22H28N2O6/c25-20(29-19-14-23-12-10-16(19)11-13-23)21(26)30-24(22(27)28)18-9-5-4-8-17(18)15-6-2-1-3-7-15/h4-5,8-9,15-16,19H,1-3,6-7,10-14H2,(H,27,28). The van der Waals surface area contributed by atoms with Gasteiger partial charge in [-0.25, -0.2) is 14.4 Å². The van der Waals surface area contributed by atoms with E-state index < -0.39 is 18.0 Å². The first kappa shape index (κ1) is 20.7. The predicted octanol–water partition coefficient (Wildman–Crippen LogP) is 3.31. The Hall–Kier alpha value is -2.61. The van der Waals surface area contributed by atoms with Gasteiger partial charge in [0.1, 0.15) is 6.10 Å². The summed E-state index contributed by atoms with van der Waals surface area (Å²) in [6.45, 7) is 2.57. The number of piperidine rings is 3. The van der Waals surface area contributed by atoms with Crippen LogP contribution in [0.15, 0.2) is 24.3 Å². The van der Waals surface area contributed by atoms with E-state index in [0.717, 1.165) is 57.2 Å². The van der Waals surface area contributed by atoms with Crippen molar-refractivity contribution in [3.8, 4) is 0 Å². The molecule has 4 fully saturated rings. The van der Waals surface area contributed by atoms with Crippen LogP contribution in [-0.4, -0.2) is 53.8 Å². The molecule has 162 valence electrons. The third-order valence-corrected chi connectivity index (χ3v) is 6.57. The van der Waals surface area contributed by atoms with Crippen molar-refractivity contribution in [3.63, 3.8) is 0 Å². The van der Waals surface area contributed by atoms with Gasteiger partial charge in [-0.15, -0.1) is 5.06 Å². The zero-order chi connectivity index (χ0) is 21.1. The molecule has 4 aliphatic rings. The molecule has 3 heterocycles. The molecule has 1 amide bonds. The van der Waals surface area contributed by atoms with Gasteiger partial charge in [0.05, 0.1) is 5.69 Å². The fraction of sp³-hybridized carbons (Fsp3) is 0.591. The number of esters is 1. The second-order valence-electron chi connectivity index (χ2n) is 8.43. The lowest BCUT2D eigenvalue weighted by Crippen LogP contribution is -2.52. The van der Waals surface area contributed by atoms with E-state index in [0.29, 0.717) is 11.6 Å². The molecule has 0 spiro atoms. The molecule has 1 aliphatic carbocycles. The van der Waals surface area contributed by atoms with Crippen molar-refractivity contribution in [1.82, 2.24) is 4.90 Å². The highest BCUT2D eigenvalue weighted by atomic mass is 16.7. The molecule has 1 N–H and O–H groups in total. The lowest BCUT2D eigenvalue weighted by molar-refractivity contribution is -0.176. The molecule has 5 rings (SSSR count). The van der Waals surface area contributed by atoms with E-state index in [4.69, 9.17) is 9.57 Å². The molecule has 1 atom stereocenters. The highest BCUT2D eigenvalue weighted by Crippen LogP contribution is 2.38. The summed E-state index contributed by atoms with van der Waals surface area (Å²) < 4.78 is 5.38. The summed E-state index contributed by atoms with van der Waals surface area (Å²) in [5, 5.41) is 10.2. The SMILES string of the molecule is O=C(OC1CN2CCC1CC2)C(=O)ON(C(=O)O)c1ccccc1C1CCCCC1. The summed E-state index contributed by atoms with van der Waals surface area (Å²) in [7, 11) is 0. The Balaban J connectivity index is 1.45. The maximum absolute atomic E-state index is 12.4. The first-order valence-electron chi connectivity index (χ1n) is 10.8. The molecule has 30 heavy (non-hydrogen) atoms. The van der Waals surface area contributed by atoms with Crippen molar-refractivity contribution in [2.75, 3.05) is 24.7 Å². The van der Waals surface area contributed by atoms with Gasteiger partial charge in [-0.2, -0.15) is 0 Å². The Morgan fingerprint density at radius 3 is 2.30 bits per heavy atom. The molecule has 2 bridgehead atoms. The molecule has 0 radical (unpaired) electrons. The van der Waals surface area contributed by atoms with E-state index in [1.54, 1.807) is 12.1 Å². The Morgan fingerprint density at radius 1 is 0.967 bits per heavy atom. The van der Waals surface area contributed by atoms with Gasteiger partial charge in [-0.1, -0.05) is 37.5 Å². The first-order valence-corrected chi connectivity index (χ1v) is 10.8. The zero-order valence-corrected chi connectivity index (χ0v) is 17.0. The molecule has 0 aromatic heterocycles. The second-order valence-corrected chi connectivity index (χ2v) is 8.43. The van der Waals surface area contributed by atoms with Crippen molar-refractivity contribution in [2.45, 2.75) is 57.0 Å². The number of fused-ring (bicyclic) bond motifs is 3. The highest BCUT2D eigenvalue weighted by molar-refractivity contribution is 6.30. The number of amides is 1. The molecule has 3 saturated heterocycles. The number of carbonyl (C=O) groups excluding carboxylic acids is 2. The summed E-state index contributed by atoms with van der Waals surface area (Å²) in [6.07, 6.45) is 5.31. The molecular formula is C22H28N2O6. The number of carbonyl (C=O) groups is 3. The quantitative estimate of drug-likeness (QED) is 0.459. The molecule has 3 aliphatic heterocycles. The van der Waals surface area contributed by atoms with Crippen LogP contribution in [0.3, 0.4) is 0 Å². The van der Waals surface area contributed by atoms with Crippen molar-refractivity contribution < 1.29 is 29.1 Å². The number of anilines is 1. The Bertz CT molecular complexity index is 799. The van der Waals surface area contributed by atoms with Gasteiger partial charge in [0.2, 0.25) is 0 Å². The van der Waals surface area contributed by atoms with Gasteiger partial charge in [0.25, 0.3) is 0 Å². The normalized spacial score (nSPS) is 26.1. The van der Waals surface area contributed by atoms with Crippen LogP contribution in [0.5, 0.6) is 0 Å². The molecule has 8 nitrogen and oxygen atoms in total. The third kappa shape index (κ3) is 4.43. The van der Waals surface area contributed by atoms with Gasteiger partial charge < -0.3 is 14.7 Å². The van der Waals surface area contributed by atoms with Gasteiger partial charge in [0, 0.05) is 6.54 Å². The first-order chi connectivity index (χ1) is 14.5. The van der Waals surface area contributed by atoms with E-state index in [9.17, 15) is 19.5 Å². The topological polar surface area (TPSA) is 96.4 Å². The number of ether oxygens (including phenoxy) is 1. The lowest BCUT2D eigenvalue weighted by atomic mass is 9.83. The van der Waals surface area contributed by atoms with Crippen molar-refractivity contribution >= 4 is 23.7 Å². The molecule has 1 saturated carbocycles. The van der Waals surface area contributed by atoms with Crippen LogP contribution < -0.4 is 5.06 Å². The van der Waals surface area contributed by atoms with E-state index in [2.05, 4.69) is 4.90 Å². The van der Waals surface area contributed by atoms with Crippen LogP contribution in [0.2, 0.25) is 0 Å². The van der Waals surface area contributed by atoms with Crippen LogP contribution in [0.4, 0.5) is 10.5 Å². The van der Waals surface area contributed by atoms with Gasteiger partial charge >= 0.3 is 18.0 Å². The molecule has 1 aromatic rings. The largest absolute Gasteiger partial charge is 0.463 e. The average molecular weight is 416 g/mol. The van der Waals surface area contributed by atoms with Gasteiger partial charge in [0.15, 0.2) is 0 Å². The number of para-hydroxylation sites is 1. The summed E-state index contributed by atoms with van der Waals surface area (Å²) in [5.74, 6) is -2.01. The zero-order valence-electron chi connectivity index (χ0n) is 17.0. The summed E-state index contributed by atoms with van der Waals surface area (Å²) in [6, 6.07) is 7.00. The molecule has 8 heteroatoms. The smallest absolute Gasteiger partial charge is 0.445 e. The van der Waals surface area contributed by atoms with Crippen LogP contribution in [0.1, 0.15) is 56.4 Å². The van der Waals surface area contributed by atoms with E-state index in [1.165, 1.54) is 6.42 Å². The van der Waals surface area contributed by atoms with E-state index >= 15 is 0 Å². The van der Waals surface area contributed by atoms with Gasteiger partial charge in [-0.3, -0.25) is 4.90 Å². The maximum atomic E-state index is 12.4. The monoisotopic (exact) mass is 416 g/mol. The predicted molar refractivity (Wildman–Crippen MR) is 108 cm³/mol. The van der Waals surface area contributed by atoms with Crippen LogP contribution >= 0.6 is 0 Å². The van der Waals surface area contributed by atoms with E-state index in [-0.39, 0.29) is 23.6 Å². The number of carboxylic acid groups (broad SMARTS) is 1. The minimum Gasteiger partial charge on any atom is -0.463 e. The van der Waals surface area contributed by atoms with Crippen molar-refractivity contribution in [2.24, 2.45) is 5.92 Å². The Kier molecular flexibility index (Phi) is 6.22. The minimum absolute atomic E-state index is 0.203. The number of hydrogen-bond acceptors (Lipinski definition) is 6. The number of benzene rings is 1. The molecule has 1 aromatic carbocycles. The Morgan fingerprint density at radius 2 is 1.67 bits per heavy atom. The number of nitrogens with zero attached hydrogens (tertiary/aromatic N) is 2. The minimum atomic E-state index is -1.46. The van der Waals surface area contributed by atoms with Crippen LogP contribution in [0, 0.1) is 5.92 Å². The fourth-order valence-electron chi connectivity index (χ4n) is 4.97. The summed E-state index contributed by atoms with van der Waals surface area (Å²) >= 11 is 0. The maximum Gasteiger partial charge on any atom is 0.445 e. The average Bonchev–Trinajstić information content (AvgIpc) is 2.78. The second kappa shape index (κ2) is 9.04. The van der Waals surface area contributed by atoms with Crippen LogP contribution in [0.25, 0.3) is 0 Å². The van der Waals surface area contributed by atoms with Gasteiger partial charge in [-0.05, 0) is 62.2 Å². The van der Waals surface area contributed by atoms with Crippen molar-refractivity contribution in [1.29, 1.82) is 0 Å².